The quantitative estimate of drug-likeness (QED) is 0.169. The van der Waals surface area contributed by atoms with E-state index in [-0.39, 0.29) is 19.8 Å². The number of fused-ring (bicyclic) bond motifs is 1. The van der Waals surface area contributed by atoms with Gasteiger partial charge in [0, 0.05) is 47.2 Å². The van der Waals surface area contributed by atoms with Gasteiger partial charge in [-0.05, 0) is 50.4 Å². The van der Waals surface area contributed by atoms with Crippen molar-refractivity contribution < 1.29 is 23.1 Å². The zero-order valence-electron chi connectivity index (χ0n) is 25.1. The lowest BCUT2D eigenvalue weighted by Crippen LogP contribution is -2.14. The average molecular weight is 566 g/mol. The second-order valence-corrected chi connectivity index (χ2v) is 8.99. The predicted octanol–water partition coefficient (Wildman–Crippen LogP) is 5.08. The monoisotopic (exact) mass is 565 g/mol. The van der Waals surface area contributed by atoms with Gasteiger partial charge in [0.15, 0.2) is 0 Å². The molecule has 2 aromatic heterocycles. The minimum Gasteiger partial charge on any atom is -0.489 e. The van der Waals surface area contributed by atoms with Crippen molar-refractivity contribution in [1.29, 1.82) is 0 Å². The number of nitrogens with one attached hydrogen (secondary N) is 2. The largest absolute Gasteiger partial charge is 0.489 e. The number of pyridine rings is 1. The SMILES string of the molecule is [2H]C([2H])([2H])N(C)CC=CC(=O)Nc1cc2c(Nc3ccc(OCc4ccccn4)c(Cl)c3)ncnc2cc1OCCOC. The molecule has 10 nitrogen and oxygen atoms in total. The number of hydrogen-bond donors (Lipinski definition) is 2. The number of hydrogen-bond acceptors (Lipinski definition) is 9. The van der Waals surface area contributed by atoms with E-state index in [4.69, 9.17) is 29.9 Å². The van der Waals surface area contributed by atoms with Crippen molar-refractivity contribution >= 4 is 45.6 Å². The zero-order valence-corrected chi connectivity index (χ0v) is 22.8. The number of benzene rings is 2. The summed E-state index contributed by atoms with van der Waals surface area (Å²) >= 11 is 6.50. The minimum atomic E-state index is -2.26. The third-order valence-corrected chi connectivity index (χ3v) is 5.78. The Balaban J connectivity index is 1.55. The van der Waals surface area contributed by atoms with Crippen molar-refractivity contribution in [3.8, 4) is 11.5 Å². The Labute approximate surface area is 242 Å². The average Bonchev–Trinajstić information content (AvgIpc) is 2.97. The van der Waals surface area contributed by atoms with E-state index in [1.54, 1.807) is 43.6 Å². The Morgan fingerprint density at radius 1 is 1.10 bits per heavy atom. The van der Waals surface area contributed by atoms with Gasteiger partial charge in [-0.15, -0.1) is 0 Å². The van der Waals surface area contributed by atoms with Gasteiger partial charge in [0.2, 0.25) is 5.91 Å². The topological polar surface area (TPSA) is 111 Å². The molecule has 0 saturated carbocycles. The molecule has 4 aromatic rings. The molecule has 0 atom stereocenters. The number of carbonyl (C=O) groups excluding carboxylic acids is 1. The molecule has 2 aromatic carbocycles. The molecule has 0 aliphatic rings. The number of anilines is 3. The lowest BCUT2D eigenvalue weighted by molar-refractivity contribution is -0.111. The highest BCUT2D eigenvalue weighted by Crippen LogP contribution is 2.35. The van der Waals surface area contributed by atoms with Gasteiger partial charge < -0.3 is 29.7 Å². The Hall–Kier alpha value is -4.25. The number of halogens is 1. The van der Waals surface area contributed by atoms with E-state index in [2.05, 4.69) is 25.6 Å². The summed E-state index contributed by atoms with van der Waals surface area (Å²) in [7, 11) is 3.01. The van der Waals surface area contributed by atoms with Crippen LogP contribution in [-0.4, -0.2) is 66.7 Å². The van der Waals surface area contributed by atoms with Gasteiger partial charge in [0.05, 0.1) is 28.5 Å². The zero-order chi connectivity index (χ0) is 30.8. The molecule has 2 heterocycles. The van der Waals surface area contributed by atoms with Crippen molar-refractivity contribution in [2.75, 3.05) is 51.5 Å². The fourth-order valence-corrected chi connectivity index (χ4v) is 3.83. The highest BCUT2D eigenvalue weighted by atomic mass is 35.5. The molecular weight excluding hydrogens is 532 g/mol. The highest BCUT2D eigenvalue weighted by molar-refractivity contribution is 6.32. The minimum absolute atomic E-state index is 0.0658. The van der Waals surface area contributed by atoms with Crippen LogP contribution < -0.4 is 20.1 Å². The summed E-state index contributed by atoms with van der Waals surface area (Å²) in [6, 6.07) is 14.3. The lowest BCUT2D eigenvalue weighted by Gasteiger charge is -2.15. The molecule has 0 saturated heterocycles. The van der Waals surface area contributed by atoms with Crippen LogP contribution in [0.4, 0.5) is 17.2 Å². The van der Waals surface area contributed by atoms with Crippen LogP contribution in [0.2, 0.25) is 5.02 Å². The smallest absolute Gasteiger partial charge is 0.248 e. The van der Waals surface area contributed by atoms with E-state index in [1.807, 2.05) is 18.2 Å². The lowest BCUT2D eigenvalue weighted by atomic mass is 10.1. The maximum absolute atomic E-state index is 12.7. The maximum atomic E-state index is 12.7. The number of methoxy groups -OCH3 is 1. The Bertz CT molecular complexity index is 1570. The van der Waals surface area contributed by atoms with Crippen LogP contribution in [0.25, 0.3) is 10.9 Å². The van der Waals surface area contributed by atoms with Crippen LogP contribution in [0, 0.1) is 0 Å². The second kappa shape index (κ2) is 14.2. The first kappa shape index (κ1) is 24.8. The molecular formula is C29H31ClN6O4. The fraction of sp³-hybridized carbons (Fsp3) is 0.241. The molecule has 1 amide bonds. The van der Waals surface area contributed by atoms with Crippen molar-refractivity contribution in [2.24, 2.45) is 0 Å². The first-order valence-corrected chi connectivity index (χ1v) is 12.7. The van der Waals surface area contributed by atoms with Crippen LogP contribution in [0.15, 0.2) is 73.2 Å². The third-order valence-electron chi connectivity index (χ3n) is 5.48. The van der Waals surface area contributed by atoms with Crippen molar-refractivity contribution in [3.05, 3.63) is 83.9 Å². The summed E-state index contributed by atoms with van der Waals surface area (Å²) in [6.07, 6.45) is 5.85. The molecule has 0 aliphatic carbocycles. The van der Waals surface area contributed by atoms with E-state index >= 15 is 0 Å². The van der Waals surface area contributed by atoms with E-state index in [1.165, 1.54) is 25.5 Å². The molecule has 4 rings (SSSR count). The number of amides is 1. The Kier molecular flexibility index (Phi) is 8.81. The molecule has 0 bridgehead atoms. The van der Waals surface area contributed by atoms with E-state index < -0.39 is 12.9 Å². The first-order valence-electron chi connectivity index (χ1n) is 13.8. The number of likely N-dealkylation sites (N-methyl/N-ethyl adjacent to an activating group) is 1. The van der Waals surface area contributed by atoms with Crippen molar-refractivity contribution in [1.82, 2.24) is 19.9 Å². The fourth-order valence-electron chi connectivity index (χ4n) is 3.60. The van der Waals surface area contributed by atoms with Crippen LogP contribution in [-0.2, 0) is 16.1 Å². The van der Waals surface area contributed by atoms with Gasteiger partial charge in [-0.1, -0.05) is 23.7 Å². The molecule has 40 heavy (non-hydrogen) atoms. The standard InChI is InChI=1S/C29H31ClN6O4/c1-36(2)12-6-8-28(37)35-25-16-22-24(17-27(25)39-14-13-38-3)32-19-33-29(22)34-20-9-10-26(23(30)15-20)40-18-21-7-4-5-11-31-21/h4-11,15-17,19H,12-14,18H2,1-3H3,(H,35,37)(H,32,33,34)/i1D3. The van der Waals surface area contributed by atoms with E-state index in [0.717, 1.165) is 10.6 Å². The van der Waals surface area contributed by atoms with E-state index in [9.17, 15) is 4.79 Å². The molecule has 0 aliphatic heterocycles. The molecule has 0 radical (unpaired) electrons. The number of carbonyl (C=O) groups is 1. The first-order chi connectivity index (χ1) is 20.6. The van der Waals surface area contributed by atoms with Gasteiger partial charge in [-0.25, -0.2) is 9.97 Å². The number of aromatic nitrogens is 3. The number of ether oxygens (including phenoxy) is 3. The summed E-state index contributed by atoms with van der Waals surface area (Å²) in [4.78, 5) is 26.9. The molecule has 11 heteroatoms. The highest BCUT2D eigenvalue weighted by Gasteiger charge is 2.14. The van der Waals surface area contributed by atoms with Crippen LogP contribution in [0.3, 0.4) is 0 Å². The second-order valence-electron chi connectivity index (χ2n) is 8.58. The van der Waals surface area contributed by atoms with Gasteiger partial charge >= 0.3 is 0 Å². The molecule has 208 valence electrons. The molecule has 2 N–H and O–H groups in total. The van der Waals surface area contributed by atoms with Gasteiger partial charge in [-0.2, -0.15) is 0 Å². The normalized spacial score (nSPS) is 12.7. The van der Waals surface area contributed by atoms with Crippen molar-refractivity contribution in [3.63, 3.8) is 0 Å². The van der Waals surface area contributed by atoms with E-state index in [0.29, 0.717) is 51.2 Å². The van der Waals surface area contributed by atoms with Gasteiger partial charge in [-0.3, -0.25) is 9.78 Å². The van der Waals surface area contributed by atoms with Gasteiger partial charge in [0.1, 0.15) is 36.9 Å². The Morgan fingerprint density at radius 3 is 2.77 bits per heavy atom. The van der Waals surface area contributed by atoms with Crippen LogP contribution in [0.1, 0.15) is 9.81 Å². The summed E-state index contributed by atoms with van der Waals surface area (Å²) in [5.41, 5.74) is 2.37. The number of nitrogens with zero attached hydrogens (tertiary/aromatic N) is 4. The molecule has 0 fully saturated rings. The third kappa shape index (κ3) is 8.12. The summed E-state index contributed by atoms with van der Waals surface area (Å²) in [6.45, 7) is -1.34. The van der Waals surface area contributed by atoms with Gasteiger partial charge in [0.25, 0.3) is 0 Å². The van der Waals surface area contributed by atoms with Crippen LogP contribution >= 0.6 is 11.6 Å². The predicted molar refractivity (Wildman–Crippen MR) is 157 cm³/mol. The Morgan fingerprint density at radius 2 is 2.00 bits per heavy atom. The van der Waals surface area contributed by atoms with Crippen molar-refractivity contribution in [2.45, 2.75) is 6.61 Å². The molecule has 0 spiro atoms. The number of rotatable bonds is 13. The summed E-state index contributed by atoms with van der Waals surface area (Å²) < 4.78 is 39.0. The van der Waals surface area contributed by atoms with Crippen LogP contribution in [0.5, 0.6) is 11.5 Å². The molecule has 0 unspecified atom stereocenters. The summed E-state index contributed by atoms with van der Waals surface area (Å²) in [5.74, 6) is 0.894. The summed E-state index contributed by atoms with van der Waals surface area (Å²) in [5, 5.41) is 7.06. The maximum Gasteiger partial charge on any atom is 0.248 e.